The summed E-state index contributed by atoms with van der Waals surface area (Å²) in [5.74, 6) is 2.49. The molecule has 0 spiro atoms. The molecule has 3 aromatic rings. The third-order valence-electron chi connectivity index (χ3n) is 14.7. The van der Waals surface area contributed by atoms with E-state index in [-0.39, 0.29) is 30.8 Å². The lowest BCUT2D eigenvalue weighted by atomic mass is 9.72. The molecule has 6 atom stereocenters. The molecule has 3 aromatic carbocycles. The summed E-state index contributed by atoms with van der Waals surface area (Å²) in [7, 11) is 0. The van der Waals surface area contributed by atoms with Gasteiger partial charge in [-0.25, -0.2) is 0 Å². The minimum atomic E-state index is -0.0193. The molecule has 1 fully saturated rings. The zero-order chi connectivity index (χ0) is 45.0. The molecule has 6 aliphatic rings. The van der Waals surface area contributed by atoms with Gasteiger partial charge in [0.15, 0.2) is 0 Å². The van der Waals surface area contributed by atoms with E-state index in [2.05, 4.69) is 189 Å². The maximum absolute atomic E-state index is 7.10. The highest BCUT2D eigenvalue weighted by Crippen LogP contribution is 2.60. The van der Waals surface area contributed by atoms with E-state index in [1.54, 1.807) is 0 Å². The smallest absolute Gasteiger partial charge is 0.134 e. The van der Waals surface area contributed by atoms with Crippen LogP contribution < -0.4 is 0 Å². The fraction of sp³-hybridized carbons (Fsp3) is 0.375. The van der Waals surface area contributed by atoms with Crippen LogP contribution in [-0.2, 0) is 16.6 Å². The Morgan fingerprint density at radius 2 is 1.55 bits per heavy atom. The van der Waals surface area contributed by atoms with Crippen LogP contribution in [0.1, 0.15) is 116 Å². The number of fused-ring (bicyclic) bond motifs is 3. The van der Waals surface area contributed by atoms with Crippen molar-refractivity contribution in [2.24, 2.45) is 23.7 Å². The predicted molar refractivity (Wildman–Crippen MR) is 284 cm³/mol. The summed E-state index contributed by atoms with van der Waals surface area (Å²) < 4.78 is 7.10. The maximum atomic E-state index is 7.10. The topological polar surface area (TPSA) is 12.5 Å². The van der Waals surface area contributed by atoms with Crippen LogP contribution >= 0.6 is 0 Å². The fourth-order valence-corrected chi connectivity index (χ4v) is 11.1. The molecule has 0 saturated heterocycles. The molecule has 344 valence electrons. The lowest BCUT2D eigenvalue weighted by Crippen LogP contribution is -2.31. The summed E-state index contributed by atoms with van der Waals surface area (Å²) >= 11 is 0. The number of unbranched alkanes of at least 4 members (excludes halogenated alkanes) is 4. The predicted octanol–water partition coefficient (Wildman–Crippen LogP) is 16.8. The third-order valence-corrected chi connectivity index (χ3v) is 14.7. The second kappa shape index (κ2) is 23.2. The van der Waals surface area contributed by atoms with Crippen molar-refractivity contribution in [1.29, 1.82) is 0 Å². The molecule has 1 saturated carbocycles. The van der Waals surface area contributed by atoms with E-state index in [1.807, 2.05) is 13.8 Å². The van der Waals surface area contributed by atoms with Gasteiger partial charge in [-0.2, -0.15) is 0 Å². The lowest BCUT2D eigenvalue weighted by molar-refractivity contribution is 0.147. The summed E-state index contributed by atoms with van der Waals surface area (Å²) in [4.78, 5) is 2.64. The van der Waals surface area contributed by atoms with Crippen molar-refractivity contribution in [2.45, 2.75) is 117 Å². The average molecular weight is 876 g/mol. The quantitative estimate of drug-likeness (QED) is 0.125. The van der Waals surface area contributed by atoms with Crippen molar-refractivity contribution < 1.29 is 4.74 Å². The first kappa shape index (κ1) is 48.3. The normalized spacial score (nSPS) is 27.5. The molecule has 0 bridgehead atoms. The fourth-order valence-electron chi connectivity index (χ4n) is 11.1. The Balaban J connectivity index is 0.00000213. The highest BCUT2D eigenvalue weighted by Gasteiger charge is 2.55. The van der Waals surface area contributed by atoms with Gasteiger partial charge >= 0.3 is 0 Å². The molecule has 66 heavy (non-hydrogen) atoms. The van der Waals surface area contributed by atoms with E-state index >= 15 is 0 Å². The minimum Gasteiger partial charge on any atom is -0.489 e. The van der Waals surface area contributed by atoms with E-state index in [0.717, 1.165) is 51.6 Å². The monoisotopic (exact) mass is 876 g/mol. The van der Waals surface area contributed by atoms with Gasteiger partial charge < -0.3 is 9.64 Å². The van der Waals surface area contributed by atoms with Crippen LogP contribution in [0.25, 0.3) is 5.57 Å². The lowest BCUT2D eigenvalue weighted by Gasteiger charge is -2.37. The molecule has 2 nitrogen and oxygen atoms in total. The standard InChI is InChI=1S/C61H67NO.C2H6.CH4/c1-4-5-6-7-8-9-15-28-49-34-36-56-55-32-20-21-33-58(55)63-60(56)59(49)54-37-35-53(43-51(54)42-47-24-13-10-14-25-47)62-39-22-29-50(48-26-16-11-17-27-48)41-45(2)46(3)57-44-61(57,38-23-40-62)52-30-18-12-19-31-52;1-2;/h4-5,10-14,16-20,22-27,29-32,34-38,41,45,51,56-57,60H,3,6-9,15,21,28,33,39-40,42-44H2,1-2H3;1-2H3;1H4/b5-4-,29-22-,38-23-,50-41+;;. The molecule has 2 heteroatoms. The zero-order valence-corrected chi connectivity index (χ0v) is 39.8. The summed E-state index contributed by atoms with van der Waals surface area (Å²) in [6.07, 6.45) is 43.9. The van der Waals surface area contributed by atoms with Crippen LogP contribution in [-0.4, -0.2) is 24.1 Å². The first-order chi connectivity index (χ1) is 32.0. The molecule has 0 aromatic heterocycles. The van der Waals surface area contributed by atoms with E-state index < -0.39 is 0 Å². The first-order valence-corrected chi connectivity index (χ1v) is 25.2. The molecule has 0 amide bonds. The van der Waals surface area contributed by atoms with Gasteiger partial charge in [0.05, 0.1) is 0 Å². The van der Waals surface area contributed by atoms with Gasteiger partial charge in [-0.1, -0.05) is 217 Å². The highest BCUT2D eigenvalue weighted by molar-refractivity contribution is 5.74. The molecule has 9 rings (SSSR count). The van der Waals surface area contributed by atoms with E-state index in [1.165, 1.54) is 93.7 Å². The van der Waals surface area contributed by atoms with Crippen molar-refractivity contribution in [2.75, 3.05) is 13.1 Å². The molecule has 4 aliphatic carbocycles. The number of ether oxygens (including phenoxy) is 1. The molecule has 0 N–H and O–H groups in total. The number of nitrogens with zero attached hydrogens (tertiary/aromatic N) is 1. The van der Waals surface area contributed by atoms with Crippen LogP contribution in [0.5, 0.6) is 0 Å². The second-order valence-corrected chi connectivity index (χ2v) is 18.8. The van der Waals surface area contributed by atoms with E-state index in [0.29, 0.717) is 11.8 Å². The Hall–Kier alpha value is -5.60. The Bertz CT molecular complexity index is 2410. The number of hydrogen-bond donors (Lipinski definition) is 0. The number of rotatable bonds is 13. The maximum Gasteiger partial charge on any atom is 0.134 e. The Morgan fingerprint density at radius 3 is 2.32 bits per heavy atom. The van der Waals surface area contributed by atoms with Crippen LogP contribution in [0.15, 0.2) is 216 Å². The molecule has 2 aliphatic heterocycles. The van der Waals surface area contributed by atoms with Gasteiger partial charge in [-0.05, 0) is 121 Å². The van der Waals surface area contributed by atoms with Gasteiger partial charge in [0, 0.05) is 42.1 Å². The Morgan fingerprint density at radius 1 is 0.818 bits per heavy atom. The molecular formula is C64H77NO. The number of benzene rings is 3. The van der Waals surface area contributed by atoms with Crippen LogP contribution in [0.4, 0.5) is 0 Å². The Kier molecular flexibility index (Phi) is 17.0. The van der Waals surface area contributed by atoms with Gasteiger partial charge in [-0.15, -0.1) is 0 Å². The van der Waals surface area contributed by atoms with Gasteiger partial charge in [-0.3, -0.25) is 0 Å². The average Bonchev–Trinajstić information content (AvgIpc) is 3.97. The van der Waals surface area contributed by atoms with Crippen LogP contribution in [0.2, 0.25) is 0 Å². The van der Waals surface area contributed by atoms with E-state index in [9.17, 15) is 0 Å². The molecule has 2 heterocycles. The van der Waals surface area contributed by atoms with Gasteiger partial charge in [0.1, 0.15) is 11.9 Å². The third kappa shape index (κ3) is 11.0. The van der Waals surface area contributed by atoms with Crippen molar-refractivity contribution in [3.05, 3.63) is 233 Å². The zero-order valence-electron chi connectivity index (χ0n) is 39.8. The molecule has 0 radical (unpaired) electrons. The SMILES string of the molecule is C.C=C1C(C)/C=C(c2ccccc2)\C=C/CN(C2=CC=C(C3=C(CCCCCC/C=C\C)C=CC4C5=C(CCC=C5)OC34)C(Cc3ccccc3)C2)C/C=C\C2(c3ccccc3)CC12.CC. The minimum absolute atomic E-state index is 0. The Labute approximate surface area is 400 Å². The first-order valence-electron chi connectivity index (χ1n) is 25.2. The van der Waals surface area contributed by atoms with Crippen molar-refractivity contribution >= 4 is 5.57 Å². The molecule has 6 unspecified atom stereocenters. The second-order valence-electron chi connectivity index (χ2n) is 18.8. The van der Waals surface area contributed by atoms with Crippen LogP contribution in [0, 0.1) is 23.7 Å². The van der Waals surface area contributed by atoms with Crippen molar-refractivity contribution in [3.8, 4) is 0 Å². The van der Waals surface area contributed by atoms with Crippen molar-refractivity contribution in [1.82, 2.24) is 4.90 Å². The summed E-state index contributed by atoms with van der Waals surface area (Å²) in [6, 6.07) is 33.3. The van der Waals surface area contributed by atoms with Crippen molar-refractivity contribution in [3.63, 3.8) is 0 Å². The highest BCUT2D eigenvalue weighted by atomic mass is 16.5. The summed E-state index contributed by atoms with van der Waals surface area (Å²) in [6.45, 7) is 14.9. The molecular weight excluding hydrogens is 799 g/mol. The summed E-state index contributed by atoms with van der Waals surface area (Å²) in [5, 5.41) is 0. The van der Waals surface area contributed by atoms with Crippen LogP contribution in [0.3, 0.4) is 0 Å². The number of hydrogen-bond acceptors (Lipinski definition) is 2. The number of allylic oxidation sites excluding steroid dienone is 15. The van der Waals surface area contributed by atoms with E-state index in [4.69, 9.17) is 11.3 Å². The van der Waals surface area contributed by atoms with Gasteiger partial charge in [0.2, 0.25) is 0 Å². The summed E-state index contributed by atoms with van der Waals surface area (Å²) in [5.41, 5.74) is 13.9. The van der Waals surface area contributed by atoms with Gasteiger partial charge in [0.25, 0.3) is 0 Å². The largest absolute Gasteiger partial charge is 0.489 e.